The Morgan fingerprint density at radius 2 is 1.95 bits per heavy atom. The van der Waals surface area contributed by atoms with Gasteiger partial charge in [0.05, 0.1) is 17.1 Å². The van der Waals surface area contributed by atoms with E-state index in [1.807, 2.05) is 0 Å². The summed E-state index contributed by atoms with van der Waals surface area (Å²) in [6.45, 7) is 1.71. The molecule has 0 amide bonds. The van der Waals surface area contributed by atoms with Gasteiger partial charge in [0.2, 0.25) is 0 Å². The lowest BCUT2D eigenvalue weighted by molar-refractivity contribution is -0.137. The number of halogens is 3. The highest BCUT2D eigenvalue weighted by Crippen LogP contribution is 2.31. The summed E-state index contributed by atoms with van der Waals surface area (Å²) >= 11 is 0. The molecule has 1 heterocycles. The molecule has 1 aromatic rings. The standard InChI is InChI=1S/C12H14F3NO2S/c1-8-6-19(17,18)7-11(16-8)9-3-2-4-10(5-9)12(13,14)15/h2-5,8,11,16H,6-7H2,1H3. The second-order valence-electron chi connectivity index (χ2n) is 4.82. The summed E-state index contributed by atoms with van der Waals surface area (Å²) < 4.78 is 61.2. The molecular formula is C12H14F3NO2S. The van der Waals surface area contributed by atoms with Crippen LogP contribution in [0.3, 0.4) is 0 Å². The van der Waals surface area contributed by atoms with Crippen LogP contribution in [0.4, 0.5) is 13.2 Å². The molecule has 1 aromatic carbocycles. The highest BCUT2D eigenvalue weighted by atomic mass is 32.2. The van der Waals surface area contributed by atoms with Gasteiger partial charge in [0.25, 0.3) is 0 Å². The van der Waals surface area contributed by atoms with Gasteiger partial charge in [-0.15, -0.1) is 0 Å². The van der Waals surface area contributed by atoms with Crippen LogP contribution < -0.4 is 5.32 Å². The van der Waals surface area contributed by atoms with Crippen LogP contribution in [0, 0.1) is 0 Å². The number of hydrogen-bond donors (Lipinski definition) is 1. The molecule has 0 saturated carbocycles. The Hall–Kier alpha value is -1.08. The lowest BCUT2D eigenvalue weighted by atomic mass is 10.0. The molecule has 19 heavy (non-hydrogen) atoms. The first-order valence-corrected chi connectivity index (χ1v) is 7.63. The van der Waals surface area contributed by atoms with Crippen molar-refractivity contribution in [2.45, 2.75) is 25.2 Å². The van der Waals surface area contributed by atoms with Crippen LogP contribution in [0.5, 0.6) is 0 Å². The maximum atomic E-state index is 12.6. The van der Waals surface area contributed by atoms with Gasteiger partial charge in [-0.05, 0) is 24.6 Å². The Morgan fingerprint density at radius 1 is 1.26 bits per heavy atom. The monoisotopic (exact) mass is 293 g/mol. The zero-order chi connectivity index (χ0) is 14.3. The van der Waals surface area contributed by atoms with Crippen LogP contribution in [0.1, 0.15) is 24.1 Å². The molecule has 0 aromatic heterocycles. The van der Waals surface area contributed by atoms with Gasteiger partial charge in [0.1, 0.15) is 0 Å². The number of rotatable bonds is 1. The molecule has 7 heteroatoms. The Balaban J connectivity index is 2.32. The average Bonchev–Trinajstić information content (AvgIpc) is 2.25. The largest absolute Gasteiger partial charge is 0.416 e. The summed E-state index contributed by atoms with van der Waals surface area (Å²) in [5.41, 5.74) is -0.410. The first kappa shape index (κ1) is 14.3. The van der Waals surface area contributed by atoms with Gasteiger partial charge >= 0.3 is 6.18 Å². The molecule has 0 bridgehead atoms. The molecule has 1 aliphatic heterocycles. The quantitative estimate of drug-likeness (QED) is 0.863. The minimum atomic E-state index is -4.42. The van der Waals surface area contributed by atoms with Gasteiger partial charge in [0.15, 0.2) is 9.84 Å². The van der Waals surface area contributed by atoms with Crippen LogP contribution in [-0.4, -0.2) is 26.0 Å². The summed E-state index contributed by atoms with van der Waals surface area (Å²) in [4.78, 5) is 0. The summed E-state index contributed by atoms with van der Waals surface area (Å²) in [7, 11) is -3.22. The third kappa shape index (κ3) is 3.48. The molecule has 3 nitrogen and oxygen atoms in total. The van der Waals surface area contributed by atoms with Crippen molar-refractivity contribution in [3.05, 3.63) is 35.4 Å². The van der Waals surface area contributed by atoms with E-state index in [-0.39, 0.29) is 17.5 Å². The van der Waals surface area contributed by atoms with Crippen molar-refractivity contribution in [2.24, 2.45) is 0 Å². The Bertz CT molecular complexity index is 569. The van der Waals surface area contributed by atoms with Crippen molar-refractivity contribution in [1.82, 2.24) is 5.32 Å². The normalized spacial score (nSPS) is 27.2. The summed E-state index contributed by atoms with van der Waals surface area (Å²) in [5.74, 6) is -0.152. The fourth-order valence-electron chi connectivity index (χ4n) is 2.27. The Kier molecular flexibility index (Phi) is 3.61. The van der Waals surface area contributed by atoms with E-state index in [1.54, 1.807) is 6.92 Å². The molecule has 0 aliphatic carbocycles. The lowest BCUT2D eigenvalue weighted by Gasteiger charge is -2.29. The Morgan fingerprint density at radius 3 is 2.53 bits per heavy atom. The minimum absolute atomic E-state index is 0.0163. The second-order valence-corrected chi connectivity index (χ2v) is 6.97. The Labute approximate surface area is 109 Å². The number of alkyl halides is 3. The summed E-state index contributed by atoms with van der Waals surface area (Å²) in [5, 5.41) is 3.02. The van der Waals surface area contributed by atoms with Crippen LogP contribution in [-0.2, 0) is 16.0 Å². The van der Waals surface area contributed by atoms with Crippen molar-refractivity contribution >= 4 is 9.84 Å². The van der Waals surface area contributed by atoms with Gasteiger partial charge in [-0.2, -0.15) is 13.2 Å². The van der Waals surface area contributed by atoms with E-state index in [0.29, 0.717) is 5.56 Å². The number of hydrogen-bond acceptors (Lipinski definition) is 3. The molecule has 2 rings (SSSR count). The van der Waals surface area contributed by atoms with Crippen LogP contribution in [0.15, 0.2) is 24.3 Å². The van der Waals surface area contributed by atoms with Crippen molar-refractivity contribution in [2.75, 3.05) is 11.5 Å². The van der Waals surface area contributed by atoms with Gasteiger partial charge in [0, 0.05) is 12.1 Å². The first-order chi connectivity index (χ1) is 8.67. The van der Waals surface area contributed by atoms with Crippen molar-refractivity contribution in [1.29, 1.82) is 0 Å². The fraction of sp³-hybridized carbons (Fsp3) is 0.500. The average molecular weight is 293 g/mol. The third-order valence-electron chi connectivity index (χ3n) is 3.03. The molecule has 1 aliphatic rings. The zero-order valence-electron chi connectivity index (χ0n) is 10.2. The topological polar surface area (TPSA) is 46.2 Å². The third-order valence-corrected chi connectivity index (χ3v) is 4.88. The summed E-state index contributed by atoms with van der Waals surface area (Å²) in [6, 6.07) is 3.94. The van der Waals surface area contributed by atoms with E-state index >= 15 is 0 Å². The van der Waals surface area contributed by atoms with Gasteiger partial charge in [-0.25, -0.2) is 8.42 Å². The van der Waals surface area contributed by atoms with E-state index in [9.17, 15) is 21.6 Å². The van der Waals surface area contributed by atoms with E-state index < -0.39 is 27.6 Å². The molecule has 1 fully saturated rings. The number of sulfone groups is 1. The van der Waals surface area contributed by atoms with Crippen molar-refractivity contribution in [3.8, 4) is 0 Å². The predicted octanol–water partition coefficient (Wildman–Crippen LogP) is 2.15. The van der Waals surface area contributed by atoms with Gasteiger partial charge < -0.3 is 5.32 Å². The van der Waals surface area contributed by atoms with E-state index in [0.717, 1.165) is 12.1 Å². The van der Waals surface area contributed by atoms with Crippen LogP contribution >= 0.6 is 0 Å². The molecule has 1 saturated heterocycles. The first-order valence-electron chi connectivity index (χ1n) is 5.81. The van der Waals surface area contributed by atoms with E-state index in [1.165, 1.54) is 12.1 Å². The molecular weight excluding hydrogens is 279 g/mol. The van der Waals surface area contributed by atoms with Gasteiger partial charge in [-0.1, -0.05) is 12.1 Å². The molecule has 1 N–H and O–H groups in total. The molecule has 0 radical (unpaired) electrons. The molecule has 2 unspecified atom stereocenters. The van der Waals surface area contributed by atoms with E-state index in [4.69, 9.17) is 0 Å². The maximum Gasteiger partial charge on any atom is 0.416 e. The SMILES string of the molecule is CC1CS(=O)(=O)CC(c2cccc(C(F)(F)F)c2)N1. The maximum absolute atomic E-state index is 12.6. The number of benzene rings is 1. The van der Waals surface area contributed by atoms with Crippen molar-refractivity contribution < 1.29 is 21.6 Å². The van der Waals surface area contributed by atoms with Crippen LogP contribution in [0.2, 0.25) is 0 Å². The predicted molar refractivity (Wildman–Crippen MR) is 65.4 cm³/mol. The lowest BCUT2D eigenvalue weighted by Crippen LogP contribution is -2.45. The summed E-state index contributed by atoms with van der Waals surface area (Å²) in [6.07, 6.45) is -4.42. The van der Waals surface area contributed by atoms with Crippen molar-refractivity contribution in [3.63, 3.8) is 0 Å². The number of nitrogens with one attached hydrogen (secondary N) is 1. The highest BCUT2D eigenvalue weighted by Gasteiger charge is 2.33. The smallest absolute Gasteiger partial charge is 0.306 e. The van der Waals surface area contributed by atoms with Gasteiger partial charge in [-0.3, -0.25) is 0 Å². The zero-order valence-corrected chi connectivity index (χ0v) is 11.1. The minimum Gasteiger partial charge on any atom is -0.306 e. The molecule has 2 atom stereocenters. The van der Waals surface area contributed by atoms with E-state index in [2.05, 4.69) is 5.32 Å². The highest BCUT2D eigenvalue weighted by molar-refractivity contribution is 7.91. The van der Waals surface area contributed by atoms with Crippen LogP contribution in [0.25, 0.3) is 0 Å². The molecule has 106 valence electrons. The molecule has 0 spiro atoms. The second kappa shape index (κ2) is 4.79. The fourth-order valence-corrected chi connectivity index (χ4v) is 4.06.